The Labute approximate surface area is 123 Å². The number of aromatic nitrogens is 1. The standard InChI is InChI=1S/C14H19N5O2/c1-9(2)6-11(14(21)19(3)8-15)18-13(20)10-4-5-12(16)17-7-10/h4-5,7,9,11H,6H2,1-3H3,(H2,16,17)(H,18,20). The van der Waals surface area contributed by atoms with Gasteiger partial charge < -0.3 is 11.1 Å². The lowest BCUT2D eigenvalue weighted by atomic mass is 10.0. The summed E-state index contributed by atoms with van der Waals surface area (Å²) in [6.07, 6.45) is 3.53. The van der Waals surface area contributed by atoms with Crippen LogP contribution in [0.5, 0.6) is 0 Å². The molecule has 1 heterocycles. The number of carbonyl (C=O) groups excluding carboxylic acids is 2. The molecule has 0 aromatic carbocycles. The summed E-state index contributed by atoms with van der Waals surface area (Å²) >= 11 is 0. The van der Waals surface area contributed by atoms with E-state index in [4.69, 9.17) is 11.0 Å². The van der Waals surface area contributed by atoms with Crippen molar-refractivity contribution in [1.29, 1.82) is 5.26 Å². The molecule has 0 saturated carbocycles. The third-order valence-electron chi connectivity index (χ3n) is 2.84. The fourth-order valence-electron chi connectivity index (χ4n) is 1.76. The van der Waals surface area contributed by atoms with Gasteiger partial charge in [-0.05, 0) is 24.5 Å². The van der Waals surface area contributed by atoms with E-state index in [0.29, 0.717) is 17.8 Å². The van der Waals surface area contributed by atoms with Crippen molar-refractivity contribution < 1.29 is 9.59 Å². The summed E-state index contributed by atoms with van der Waals surface area (Å²) in [5, 5.41) is 11.4. The SMILES string of the molecule is CC(C)CC(NC(=O)c1ccc(N)nc1)C(=O)N(C)C#N. The number of amides is 2. The fraction of sp³-hybridized carbons (Fsp3) is 0.429. The molecule has 0 aliphatic carbocycles. The van der Waals surface area contributed by atoms with Crippen molar-refractivity contribution in [3.05, 3.63) is 23.9 Å². The maximum absolute atomic E-state index is 12.1. The molecule has 0 radical (unpaired) electrons. The number of likely N-dealkylation sites (N-methyl/N-ethyl adjacent to an activating group) is 1. The van der Waals surface area contributed by atoms with Crippen LogP contribution in [-0.2, 0) is 4.79 Å². The molecule has 0 spiro atoms. The lowest BCUT2D eigenvalue weighted by Gasteiger charge is -2.21. The second-order valence-corrected chi connectivity index (χ2v) is 5.12. The average molecular weight is 289 g/mol. The Hall–Kier alpha value is -2.62. The summed E-state index contributed by atoms with van der Waals surface area (Å²) in [6.45, 7) is 3.87. The van der Waals surface area contributed by atoms with Gasteiger partial charge >= 0.3 is 0 Å². The first-order valence-corrected chi connectivity index (χ1v) is 6.54. The van der Waals surface area contributed by atoms with Crippen LogP contribution in [0.2, 0.25) is 0 Å². The van der Waals surface area contributed by atoms with Crippen LogP contribution in [0.1, 0.15) is 30.6 Å². The van der Waals surface area contributed by atoms with Crippen LogP contribution in [0.25, 0.3) is 0 Å². The van der Waals surface area contributed by atoms with Crippen LogP contribution < -0.4 is 11.1 Å². The Morgan fingerprint density at radius 3 is 2.62 bits per heavy atom. The first kappa shape index (κ1) is 16.4. The first-order chi connectivity index (χ1) is 9.85. The highest BCUT2D eigenvalue weighted by Crippen LogP contribution is 2.09. The molecule has 0 fully saturated rings. The predicted octanol–water partition coefficient (Wildman–Crippen LogP) is 0.748. The van der Waals surface area contributed by atoms with Gasteiger partial charge in [-0.3, -0.25) is 14.5 Å². The molecule has 0 bridgehead atoms. The maximum atomic E-state index is 12.1. The van der Waals surface area contributed by atoms with Gasteiger partial charge in [0.2, 0.25) is 0 Å². The molecule has 1 atom stereocenters. The van der Waals surface area contributed by atoms with Gasteiger partial charge in [0.15, 0.2) is 6.19 Å². The van der Waals surface area contributed by atoms with Crippen LogP contribution in [0.3, 0.4) is 0 Å². The van der Waals surface area contributed by atoms with Crippen LogP contribution in [0, 0.1) is 17.4 Å². The van der Waals surface area contributed by atoms with Gasteiger partial charge in [0, 0.05) is 13.2 Å². The zero-order chi connectivity index (χ0) is 16.0. The number of hydrogen-bond donors (Lipinski definition) is 2. The zero-order valence-corrected chi connectivity index (χ0v) is 12.3. The Morgan fingerprint density at radius 1 is 1.48 bits per heavy atom. The van der Waals surface area contributed by atoms with Crippen molar-refractivity contribution in [3.8, 4) is 6.19 Å². The molecular weight excluding hydrogens is 270 g/mol. The molecule has 1 aromatic rings. The third kappa shape index (κ3) is 4.76. The molecule has 7 nitrogen and oxygen atoms in total. The Balaban J connectivity index is 2.85. The lowest BCUT2D eigenvalue weighted by molar-refractivity contribution is -0.129. The normalized spacial score (nSPS) is 11.6. The molecule has 7 heteroatoms. The molecular formula is C14H19N5O2. The van der Waals surface area contributed by atoms with Gasteiger partial charge in [-0.15, -0.1) is 0 Å². The van der Waals surface area contributed by atoms with Crippen LogP contribution in [-0.4, -0.2) is 34.8 Å². The molecule has 21 heavy (non-hydrogen) atoms. The highest BCUT2D eigenvalue weighted by molar-refractivity contribution is 5.97. The van der Waals surface area contributed by atoms with Crippen molar-refractivity contribution in [1.82, 2.24) is 15.2 Å². The third-order valence-corrected chi connectivity index (χ3v) is 2.84. The Morgan fingerprint density at radius 2 is 2.14 bits per heavy atom. The number of nitrogen functional groups attached to an aromatic ring is 1. The number of anilines is 1. The van der Waals surface area contributed by atoms with Gasteiger partial charge in [-0.1, -0.05) is 13.8 Å². The fourth-order valence-corrected chi connectivity index (χ4v) is 1.76. The average Bonchev–Trinajstić information content (AvgIpc) is 2.45. The molecule has 0 saturated heterocycles. The van der Waals surface area contributed by atoms with Gasteiger partial charge in [-0.2, -0.15) is 5.26 Å². The second-order valence-electron chi connectivity index (χ2n) is 5.12. The molecule has 0 aliphatic rings. The zero-order valence-electron chi connectivity index (χ0n) is 12.3. The summed E-state index contributed by atoms with van der Waals surface area (Å²) < 4.78 is 0. The van der Waals surface area contributed by atoms with E-state index < -0.39 is 17.9 Å². The highest BCUT2D eigenvalue weighted by Gasteiger charge is 2.25. The van der Waals surface area contributed by atoms with E-state index in [1.165, 1.54) is 25.4 Å². The quantitative estimate of drug-likeness (QED) is 0.613. The van der Waals surface area contributed by atoms with Crippen LogP contribution >= 0.6 is 0 Å². The van der Waals surface area contributed by atoms with E-state index in [9.17, 15) is 9.59 Å². The first-order valence-electron chi connectivity index (χ1n) is 6.54. The summed E-state index contributed by atoms with van der Waals surface area (Å²) in [7, 11) is 1.37. The lowest BCUT2D eigenvalue weighted by Crippen LogP contribution is -2.46. The smallest absolute Gasteiger partial charge is 0.257 e. The summed E-state index contributed by atoms with van der Waals surface area (Å²) in [4.78, 5) is 28.9. The van der Waals surface area contributed by atoms with E-state index in [0.717, 1.165) is 4.90 Å². The number of nitrogens with zero attached hydrogens (tertiary/aromatic N) is 3. The number of carbonyl (C=O) groups is 2. The van der Waals surface area contributed by atoms with Crippen molar-refractivity contribution in [3.63, 3.8) is 0 Å². The Bertz CT molecular complexity index is 547. The molecule has 1 aromatic heterocycles. The number of pyridine rings is 1. The minimum absolute atomic E-state index is 0.191. The second kappa shape index (κ2) is 7.24. The molecule has 1 unspecified atom stereocenters. The van der Waals surface area contributed by atoms with E-state index >= 15 is 0 Å². The van der Waals surface area contributed by atoms with E-state index in [1.807, 2.05) is 13.8 Å². The van der Waals surface area contributed by atoms with Crippen LogP contribution in [0.15, 0.2) is 18.3 Å². The maximum Gasteiger partial charge on any atom is 0.257 e. The van der Waals surface area contributed by atoms with E-state index in [-0.39, 0.29) is 5.92 Å². The highest BCUT2D eigenvalue weighted by atomic mass is 16.2. The summed E-state index contributed by atoms with van der Waals surface area (Å²) in [5.74, 6) is -0.364. The number of hydrogen-bond acceptors (Lipinski definition) is 5. The number of rotatable bonds is 5. The topological polar surface area (TPSA) is 112 Å². The Kier molecular flexibility index (Phi) is 5.67. The van der Waals surface area contributed by atoms with Gasteiger partial charge in [0.25, 0.3) is 11.8 Å². The predicted molar refractivity (Wildman–Crippen MR) is 77.7 cm³/mol. The van der Waals surface area contributed by atoms with E-state index in [1.54, 1.807) is 6.19 Å². The molecule has 1 rings (SSSR count). The number of nitriles is 1. The summed E-state index contributed by atoms with van der Waals surface area (Å²) in [5.41, 5.74) is 5.77. The number of nitrogens with two attached hydrogens (primary N) is 1. The van der Waals surface area contributed by atoms with Crippen LogP contribution in [0.4, 0.5) is 5.82 Å². The summed E-state index contributed by atoms with van der Waals surface area (Å²) in [6, 6.07) is 2.29. The van der Waals surface area contributed by atoms with Gasteiger partial charge in [-0.25, -0.2) is 4.98 Å². The monoisotopic (exact) mass is 289 g/mol. The van der Waals surface area contributed by atoms with E-state index in [2.05, 4.69) is 10.3 Å². The molecule has 2 amide bonds. The van der Waals surface area contributed by atoms with Crippen molar-refractivity contribution in [2.75, 3.05) is 12.8 Å². The van der Waals surface area contributed by atoms with Gasteiger partial charge in [0.05, 0.1) is 5.56 Å². The van der Waals surface area contributed by atoms with Crippen molar-refractivity contribution in [2.24, 2.45) is 5.92 Å². The largest absolute Gasteiger partial charge is 0.384 e. The van der Waals surface area contributed by atoms with Crippen molar-refractivity contribution in [2.45, 2.75) is 26.3 Å². The molecule has 3 N–H and O–H groups in total. The minimum Gasteiger partial charge on any atom is -0.384 e. The van der Waals surface area contributed by atoms with Gasteiger partial charge in [0.1, 0.15) is 11.9 Å². The van der Waals surface area contributed by atoms with Crippen molar-refractivity contribution >= 4 is 17.6 Å². The minimum atomic E-state index is -0.750. The number of nitrogens with one attached hydrogen (secondary N) is 1. The molecule has 112 valence electrons. The molecule has 0 aliphatic heterocycles.